The molecule has 1 saturated heterocycles. The fourth-order valence-electron chi connectivity index (χ4n) is 3.49. The smallest absolute Gasteiger partial charge is 0.250 e. The van der Waals surface area contributed by atoms with E-state index in [1.54, 1.807) is 17.5 Å². The van der Waals surface area contributed by atoms with Gasteiger partial charge >= 0.3 is 0 Å². The third kappa shape index (κ3) is 4.81. The van der Waals surface area contributed by atoms with Crippen molar-refractivity contribution in [1.82, 2.24) is 14.5 Å². The fourth-order valence-corrected chi connectivity index (χ4v) is 5.80. The Morgan fingerprint density at radius 2 is 1.89 bits per heavy atom. The first-order chi connectivity index (χ1) is 13.4. The zero-order chi connectivity index (χ0) is 20.1. The molecule has 1 aliphatic heterocycles. The van der Waals surface area contributed by atoms with E-state index < -0.39 is 10.0 Å². The van der Waals surface area contributed by atoms with Gasteiger partial charge in [-0.25, -0.2) is 13.1 Å². The van der Waals surface area contributed by atoms with Crippen molar-refractivity contribution in [2.75, 3.05) is 26.7 Å². The van der Waals surface area contributed by atoms with E-state index in [0.29, 0.717) is 30.1 Å². The van der Waals surface area contributed by atoms with Gasteiger partial charge in [0, 0.05) is 19.1 Å². The predicted octanol–water partition coefficient (Wildman–Crippen LogP) is 2.71. The van der Waals surface area contributed by atoms with Crippen LogP contribution in [0.25, 0.3) is 0 Å². The highest BCUT2D eigenvalue weighted by atomic mass is 32.2. The largest absolute Gasteiger partial charge is 0.341 e. The van der Waals surface area contributed by atoms with Gasteiger partial charge in [-0.3, -0.25) is 9.69 Å². The van der Waals surface area contributed by atoms with Gasteiger partial charge in [0.25, 0.3) is 0 Å². The molecule has 3 rings (SSSR count). The molecule has 1 atom stereocenters. The zero-order valence-corrected chi connectivity index (χ0v) is 17.9. The highest BCUT2D eigenvalue weighted by Gasteiger charge is 2.32. The molecule has 1 aromatic heterocycles. The van der Waals surface area contributed by atoms with Gasteiger partial charge in [-0.1, -0.05) is 43.3 Å². The van der Waals surface area contributed by atoms with Crippen molar-refractivity contribution in [3.8, 4) is 0 Å². The van der Waals surface area contributed by atoms with Gasteiger partial charge < -0.3 is 4.90 Å². The molecule has 0 radical (unpaired) electrons. The fraction of sp³-hybridized carbons (Fsp3) is 0.450. The lowest BCUT2D eigenvalue weighted by Gasteiger charge is -2.36. The van der Waals surface area contributed by atoms with Gasteiger partial charge in [0.15, 0.2) is 0 Å². The number of amides is 1. The van der Waals surface area contributed by atoms with Crippen LogP contribution in [0.5, 0.6) is 0 Å². The van der Waals surface area contributed by atoms with Crippen LogP contribution in [0.1, 0.15) is 31.4 Å². The van der Waals surface area contributed by atoms with Gasteiger partial charge in [-0.2, -0.15) is 0 Å². The van der Waals surface area contributed by atoms with E-state index in [9.17, 15) is 13.2 Å². The average molecular weight is 422 g/mol. The molecule has 1 N–H and O–H groups in total. The number of likely N-dealkylation sites (N-methyl/N-ethyl adjacent to an activating group) is 1. The van der Waals surface area contributed by atoms with Crippen LogP contribution in [0.4, 0.5) is 0 Å². The number of sulfonamides is 1. The number of benzene rings is 1. The van der Waals surface area contributed by atoms with E-state index in [4.69, 9.17) is 0 Å². The molecule has 0 bridgehead atoms. The Bertz CT molecular complexity index is 861. The zero-order valence-electron chi connectivity index (χ0n) is 16.2. The third-order valence-electron chi connectivity index (χ3n) is 5.18. The molecule has 1 amide bonds. The summed E-state index contributed by atoms with van der Waals surface area (Å²) in [7, 11) is -1.52. The van der Waals surface area contributed by atoms with Crippen LogP contribution < -0.4 is 4.72 Å². The molecule has 1 unspecified atom stereocenters. The highest BCUT2D eigenvalue weighted by molar-refractivity contribution is 7.91. The number of carbonyl (C=O) groups excluding carboxylic acids is 1. The number of carbonyl (C=O) groups is 1. The van der Waals surface area contributed by atoms with Crippen LogP contribution in [0, 0.1) is 0 Å². The van der Waals surface area contributed by atoms with Crippen molar-refractivity contribution < 1.29 is 13.2 Å². The minimum Gasteiger partial charge on any atom is -0.341 e. The van der Waals surface area contributed by atoms with Crippen LogP contribution >= 0.6 is 11.3 Å². The van der Waals surface area contributed by atoms with E-state index in [1.807, 2.05) is 54.1 Å². The lowest BCUT2D eigenvalue weighted by Crippen LogP contribution is -2.49. The summed E-state index contributed by atoms with van der Waals surface area (Å²) in [5.41, 5.74) is 0.984. The summed E-state index contributed by atoms with van der Waals surface area (Å²) in [6, 6.07) is 12.7. The highest BCUT2D eigenvalue weighted by Crippen LogP contribution is 2.25. The second-order valence-corrected chi connectivity index (χ2v) is 9.93. The quantitative estimate of drug-likeness (QED) is 0.746. The Morgan fingerprint density at radius 1 is 1.21 bits per heavy atom. The van der Waals surface area contributed by atoms with E-state index in [-0.39, 0.29) is 18.0 Å². The molecule has 1 aromatic carbocycles. The molecule has 2 aromatic rings. The molecule has 28 heavy (non-hydrogen) atoms. The third-order valence-corrected chi connectivity index (χ3v) is 8.10. The van der Waals surface area contributed by atoms with Gasteiger partial charge in [-0.15, -0.1) is 11.3 Å². The van der Waals surface area contributed by atoms with E-state index in [1.165, 1.54) is 11.3 Å². The number of piperidine rings is 1. The SMILES string of the molecule is CCN(C)C(C(=O)N1CCC(NS(=O)(=O)c2cccs2)CC1)c1ccccc1. The maximum absolute atomic E-state index is 13.2. The molecule has 0 saturated carbocycles. The van der Waals surface area contributed by atoms with Crippen LogP contribution in [-0.2, 0) is 14.8 Å². The van der Waals surface area contributed by atoms with Crippen molar-refractivity contribution in [1.29, 1.82) is 0 Å². The average Bonchev–Trinajstić information content (AvgIpc) is 3.25. The van der Waals surface area contributed by atoms with Crippen molar-refractivity contribution >= 4 is 27.3 Å². The summed E-state index contributed by atoms with van der Waals surface area (Å²) in [6.45, 7) is 3.91. The molecule has 8 heteroatoms. The molecule has 1 aliphatic rings. The number of nitrogens with one attached hydrogen (secondary N) is 1. The predicted molar refractivity (Wildman–Crippen MR) is 112 cm³/mol. The first-order valence-electron chi connectivity index (χ1n) is 9.52. The number of hydrogen-bond donors (Lipinski definition) is 1. The Kier molecular flexibility index (Phi) is 6.87. The maximum atomic E-state index is 13.2. The topological polar surface area (TPSA) is 69.7 Å². The van der Waals surface area contributed by atoms with Crippen molar-refractivity contribution in [2.24, 2.45) is 0 Å². The van der Waals surface area contributed by atoms with Crippen molar-refractivity contribution in [3.63, 3.8) is 0 Å². The molecule has 2 heterocycles. The molecule has 152 valence electrons. The number of likely N-dealkylation sites (tertiary alicyclic amines) is 1. The lowest BCUT2D eigenvalue weighted by atomic mass is 10.0. The van der Waals surface area contributed by atoms with E-state index in [2.05, 4.69) is 4.72 Å². The molecule has 1 fully saturated rings. The summed E-state index contributed by atoms with van der Waals surface area (Å²) in [5, 5.41) is 1.75. The number of rotatable bonds is 7. The molecular weight excluding hydrogens is 394 g/mol. The molecule has 0 spiro atoms. The van der Waals surface area contributed by atoms with Gasteiger partial charge in [0.2, 0.25) is 15.9 Å². The van der Waals surface area contributed by atoms with E-state index >= 15 is 0 Å². The Labute approximate surface area is 171 Å². The van der Waals surface area contributed by atoms with Crippen LogP contribution in [-0.4, -0.2) is 56.8 Å². The summed E-state index contributed by atoms with van der Waals surface area (Å²) in [5.74, 6) is 0.0788. The Balaban J connectivity index is 1.64. The standard InChI is InChI=1S/C20H27N3O3S2/c1-3-22(2)19(16-8-5-4-6-9-16)20(24)23-13-11-17(12-14-23)21-28(25,26)18-10-7-15-27-18/h4-10,15,17,19,21H,3,11-14H2,1-2H3. The second-order valence-electron chi connectivity index (χ2n) is 7.04. The molecule has 6 nitrogen and oxygen atoms in total. The first kappa shape index (κ1) is 21.0. The molecular formula is C20H27N3O3S2. The maximum Gasteiger partial charge on any atom is 0.250 e. The number of thiophene rings is 1. The Morgan fingerprint density at radius 3 is 2.46 bits per heavy atom. The summed E-state index contributed by atoms with van der Waals surface area (Å²) >= 11 is 1.21. The number of nitrogens with zero attached hydrogens (tertiary/aromatic N) is 2. The van der Waals surface area contributed by atoms with Crippen LogP contribution in [0.15, 0.2) is 52.1 Å². The van der Waals surface area contributed by atoms with Gasteiger partial charge in [-0.05, 0) is 43.4 Å². The van der Waals surface area contributed by atoms with Crippen molar-refractivity contribution in [3.05, 3.63) is 53.4 Å². The second kappa shape index (κ2) is 9.17. The summed E-state index contributed by atoms with van der Waals surface area (Å²) < 4.78 is 27.9. The monoisotopic (exact) mass is 421 g/mol. The van der Waals surface area contributed by atoms with Gasteiger partial charge in [0.05, 0.1) is 0 Å². The van der Waals surface area contributed by atoms with Crippen LogP contribution in [0.3, 0.4) is 0 Å². The normalized spacial score (nSPS) is 17.0. The van der Waals surface area contributed by atoms with E-state index in [0.717, 1.165) is 12.1 Å². The first-order valence-corrected chi connectivity index (χ1v) is 11.9. The Hall–Kier alpha value is -1.74. The number of hydrogen-bond acceptors (Lipinski definition) is 5. The summed E-state index contributed by atoms with van der Waals surface area (Å²) in [6.07, 6.45) is 1.24. The summed E-state index contributed by atoms with van der Waals surface area (Å²) in [4.78, 5) is 17.1. The minimum absolute atomic E-state index is 0.0788. The molecule has 0 aliphatic carbocycles. The van der Waals surface area contributed by atoms with Crippen molar-refractivity contribution in [2.45, 2.75) is 36.1 Å². The van der Waals surface area contributed by atoms with Crippen LogP contribution in [0.2, 0.25) is 0 Å². The lowest BCUT2D eigenvalue weighted by molar-refractivity contribution is -0.137. The minimum atomic E-state index is -3.47. The van der Waals surface area contributed by atoms with Gasteiger partial charge in [0.1, 0.15) is 10.3 Å².